The van der Waals surface area contributed by atoms with Crippen LogP contribution in [-0.4, -0.2) is 22.9 Å². The second-order valence-electron chi connectivity index (χ2n) is 2.03. The molecule has 1 atom stereocenters. The Balaban J connectivity index is 2.46. The van der Waals surface area contributed by atoms with Crippen molar-refractivity contribution in [3.8, 4) is 0 Å². The maximum Gasteiger partial charge on any atom is 0.238 e. The summed E-state index contributed by atoms with van der Waals surface area (Å²) in [5.74, 6) is -0.0379. The highest BCUT2D eigenvalue weighted by Gasteiger charge is 2.26. The molecule has 0 aromatic heterocycles. The first-order chi connectivity index (χ1) is 4.74. The van der Waals surface area contributed by atoms with Crippen molar-refractivity contribution in [1.82, 2.24) is 5.32 Å². The normalized spacial score (nSPS) is 25.1. The molecule has 1 unspecified atom stereocenters. The van der Waals surface area contributed by atoms with Crippen molar-refractivity contribution < 1.29 is 9.90 Å². The summed E-state index contributed by atoms with van der Waals surface area (Å²) in [6.07, 6.45) is 0.509. The van der Waals surface area contributed by atoms with E-state index in [9.17, 15) is 4.79 Å². The number of amides is 1. The molecule has 0 aliphatic carbocycles. The van der Waals surface area contributed by atoms with Gasteiger partial charge in [0.25, 0.3) is 0 Å². The largest absolute Gasteiger partial charge is 0.396 e. The predicted molar refractivity (Wildman–Crippen MR) is 40.4 cm³/mol. The standard InChI is InChI=1S/C6H9NO2S/c1-4-7-6(9)5(10-4)2-3-8/h5,8H,1-3H2,(H,7,9). The van der Waals surface area contributed by atoms with Crippen LogP contribution >= 0.6 is 11.8 Å². The molecule has 0 radical (unpaired) electrons. The average molecular weight is 159 g/mol. The minimum Gasteiger partial charge on any atom is -0.396 e. The van der Waals surface area contributed by atoms with Crippen molar-refractivity contribution in [3.63, 3.8) is 0 Å². The summed E-state index contributed by atoms with van der Waals surface area (Å²) in [6.45, 7) is 3.64. The molecule has 4 heteroatoms. The molecule has 3 nitrogen and oxygen atoms in total. The first kappa shape index (κ1) is 7.63. The number of aliphatic hydroxyl groups is 1. The Morgan fingerprint density at radius 3 is 2.90 bits per heavy atom. The van der Waals surface area contributed by atoms with Crippen molar-refractivity contribution in [2.45, 2.75) is 11.7 Å². The third kappa shape index (κ3) is 1.52. The molecule has 1 fully saturated rings. The van der Waals surface area contributed by atoms with E-state index in [1.54, 1.807) is 0 Å². The number of rotatable bonds is 2. The highest BCUT2D eigenvalue weighted by atomic mass is 32.2. The highest BCUT2D eigenvalue weighted by molar-refractivity contribution is 8.04. The van der Waals surface area contributed by atoms with Gasteiger partial charge in [0.2, 0.25) is 5.91 Å². The summed E-state index contributed by atoms with van der Waals surface area (Å²) in [7, 11) is 0. The Hall–Kier alpha value is -0.480. The number of thioether (sulfide) groups is 1. The van der Waals surface area contributed by atoms with Gasteiger partial charge in [-0.05, 0) is 6.42 Å². The maximum atomic E-state index is 10.9. The monoisotopic (exact) mass is 159 g/mol. The minimum absolute atomic E-state index is 0.0379. The van der Waals surface area contributed by atoms with Crippen LogP contribution in [0, 0.1) is 0 Å². The topological polar surface area (TPSA) is 49.3 Å². The number of aliphatic hydroxyl groups excluding tert-OH is 1. The zero-order valence-electron chi connectivity index (χ0n) is 5.46. The lowest BCUT2D eigenvalue weighted by molar-refractivity contribution is -0.119. The second kappa shape index (κ2) is 3.07. The van der Waals surface area contributed by atoms with Crippen molar-refractivity contribution in [1.29, 1.82) is 0 Å². The Labute approximate surface area is 63.5 Å². The fraction of sp³-hybridized carbons (Fsp3) is 0.500. The van der Waals surface area contributed by atoms with Gasteiger partial charge in [-0.3, -0.25) is 4.79 Å². The van der Waals surface area contributed by atoms with Gasteiger partial charge in [0.15, 0.2) is 0 Å². The Morgan fingerprint density at radius 1 is 1.80 bits per heavy atom. The first-order valence-electron chi connectivity index (χ1n) is 3.01. The Kier molecular flexibility index (Phi) is 2.34. The van der Waals surface area contributed by atoms with E-state index in [1.807, 2.05) is 0 Å². The fourth-order valence-corrected chi connectivity index (χ4v) is 1.67. The molecule has 0 aromatic rings. The molecule has 1 heterocycles. The third-order valence-corrected chi connectivity index (χ3v) is 2.35. The molecule has 1 amide bonds. The molecule has 1 aliphatic rings. The lowest BCUT2D eigenvalue weighted by atomic mass is 10.3. The van der Waals surface area contributed by atoms with Crippen molar-refractivity contribution in [2.75, 3.05) is 6.61 Å². The van der Waals surface area contributed by atoms with Gasteiger partial charge in [0.05, 0.1) is 10.3 Å². The van der Waals surface area contributed by atoms with Crippen LogP contribution < -0.4 is 5.32 Å². The van der Waals surface area contributed by atoms with Crippen molar-refractivity contribution >= 4 is 17.7 Å². The maximum absolute atomic E-state index is 10.9. The van der Waals surface area contributed by atoms with Gasteiger partial charge >= 0.3 is 0 Å². The number of hydrogen-bond acceptors (Lipinski definition) is 3. The third-order valence-electron chi connectivity index (χ3n) is 1.23. The number of nitrogens with one attached hydrogen (secondary N) is 1. The molecule has 0 aromatic carbocycles. The molecule has 0 spiro atoms. The Morgan fingerprint density at radius 2 is 2.50 bits per heavy atom. The lowest BCUT2D eigenvalue weighted by Crippen LogP contribution is -2.22. The van der Waals surface area contributed by atoms with E-state index in [2.05, 4.69) is 11.9 Å². The summed E-state index contributed by atoms with van der Waals surface area (Å²) in [5.41, 5.74) is 0. The van der Waals surface area contributed by atoms with Crippen LogP contribution in [-0.2, 0) is 4.79 Å². The van der Waals surface area contributed by atoms with E-state index in [1.165, 1.54) is 11.8 Å². The zero-order valence-corrected chi connectivity index (χ0v) is 6.28. The molecular formula is C6H9NO2S. The van der Waals surface area contributed by atoms with Crippen molar-refractivity contribution in [2.24, 2.45) is 0 Å². The van der Waals surface area contributed by atoms with Crippen LogP contribution in [0.1, 0.15) is 6.42 Å². The lowest BCUT2D eigenvalue weighted by Gasteiger charge is -1.99. The SMILES string of the molecule is C=C1NC(=O)C(CCO)S1. The van der Waals surface area contributed by atoms with Gasteiger partial charge in [0, 0.05) is 6.61 Å². The second-order valence-corrected chi connectivity index (χ2v) is 3.33. The average Bonchev–Trinajstić information content (AvgIpc) is 2.13. The van der Waals surface area contributed by atoms with Crippen LogP contribution in [0.5, 0.6) is 0 Å². The molecule has 2 N–H and O–H groups in total. The molecule has 1 saturated heterocycles. The van der Waals surface area contributed by atoms with Crippen LogP contribution in [0.25, 0.3) is 0 Å². The number of carbonyl (C=O) groups excluding carboxylic acids is 1. The summed E-state index contributed by atoms with van der Waals surface area (Å²) in [4.78, 5) is 10.9. The quantitative estimate of drug-likeness (QED) is 0.599. The van der Waals surface area contributed by atoms with E-state index >= 15 is 0 Å². The van der Waals surface area contributed by atoms with Crippen LogP contribution in [0.15, 0.2) is 11.6 Å². The van der Waals surface area contributed by atoms with E-state index < -0.39 is 0 Å². The number of carbonyl (C=O) groups is 1. The Bertz CT molecular complexity index is 169. The molecular weight excluding hydrogens is 150 g/mol. The summed E-state index contributed by atoms with van der Waals surface area (Å²) in [6, 6.07) is 0. The van der Waals surface area contributed by atoms with E-state index in [0.29, 0.717) is 11.4 Å². The van der Waals surface area contributed by atoms with Crippen molar-refractivity contribution in [3.05, 3.63) is 11.6 Å². The van der Waals surface area contributed by atoms with Gasteiger partial charge in [-0.25, -0.2) is 0 Å². The van der Waals surface area contributed by atoms with Crippen LogP contribution in [0.2, 0.25) is 0 Å². The fourth-order valence-electron chi connectivity index (χ4n) is 0.780. The molecule has 1 aliphatic heterocycles. The van der Waals surface area contributed by atoms with E-state index in [4.69, 9.17) is 5.11 Å². The van der Waals surface area contributed by atoms with E-state index in [0.717, 1.165) is 0 Å². The smallest absolute Gasteiger partial charge is 0.238 e. The van der Waals surface area contributed by atoms with Gasteiger partial charge in [-0.1, -0.05) is 18.3 Å². The summed E-state index contributed by atoms with van der Waals surface area (Å²) in [5, 5.41) is 11.6. The highest BCUT2D eigenvalue weighted by Crippen LogP contribution is 2.26. The molecule has 10 heavy (non-hydrogen) atoms. The predicted octanol–water partition coefficient (Wildman–Crippen LogP) is 0.0716. The molecule has 0 saturated carbocycles. The summed E-state index contributed by atoms with van der Waals surface area (Å²) < 4.78 is 0. The molecule has 0 bridgehead atoms. The van der Waals surface area contributed by atoms with Gasteiger partial charge in [-0.15, -0.1) is 0 Å². The molecule has 56 valence electrons. The van der Waals surface area contributed by atoms with Gasteiger partial charge < -0.3 is 10.4 Å². The van der Waals surface area contributed by atoms with Gasteiger partial charge in [-0.2, -0.15) is 0 Å². The van der Waals surface area contributed by atoms with Gasteiger partial charge in [0.1, 0.15) is 0 Å². The zero-order chi connectivity index (χ0) is 7.56. The van der Waals surface area contributed by atoms with E-state index in [-0.39, 0.29) is 17.8 Å². The summed E-state index contributed by atoms with van der Waals surface area (Å²) >= 11 is 1.38. The molecule has 1 rings (SSSR count). The number of hydrogen-bond donors (Lipinski definition) is 2. The first-order valence-corrected chi connectivity index (χ1v) is 3.89. The van der Waals surface area contributed by atoms with Crippen LogP contribution in [0.3, 0.4) is 0 Å². The van der Waals surface area contributed by atoms with Crippen LogP contribution in [0.4, 0.5) is 0 Å². The minimum atomic E-state index is -0.127.